The van der Waals surface area contributed by atoms with Crippen molar-refractivity contribution in [2.75, 3.05) is 26.4 Å². The van der Waals surface area contributed by atoms with Crippen molar-refractivity contribution in [3.63, 3.8) is 0 Å². The molecule has 25 heavy (non-hydrogen) atoms. The first kappa shape index (κ1) is 19.0. The molecule has 138 valence electrons. The summed E-state index contributed by atoms with van der Waals surface area (Å²) in [5.41, 5.74) is -0.885. The van der Waals surface area contributed by atoms with Gasteiger partial charge in [-0.2, -0.15) is 13.2 Å². The van der Waals surface area contributed by atoms with Gasteiger partial charge in [-0.05, 0) is 31.0 Å². The number of carboxylic acids is 1. The number of ether oxygens (including phenoxy) is 2. The van der Waals surface area contributed by atoms with Crippen molar-refractivity contribution in [1.29, 1.82) is 0 Å². The van der Waals surface area contributed by atoms with Gasteiger partial charge in [-0.3, -0.25) is 9.59 Å². The number of carboxylic acid groups (broad SMARTS) is 1. The SMILES string of the molecule is O=C(O)CN(C(=O)COc1cccc(C(F)(F)F)c1)C1CCOCC1. The molecule has 6 nitrogen and oxygen atoms in total. The Morgan fingerprint density at radius 1 is 1.28 bits per heavy atom. The monoisotopic (exact) mass is 361 g/mol. The summed E-state index contributed by atoms with van der Waals surface area (Å²) in [6.45, 7) is -0.188. The number of hydrogen-bond donors (Lipinski definition) is 1. The van der Waals surface area contributed by atoms with Gasteiger partial charge >= 0.3 is 12.1 Å². The van der Waals surface area contributed by atoms with Crippen molar-refractivity contribution in [3.8, 4) is 5.75 Å². The molecule has 1 aromatic rings. The highest BCUT2D eigenvalue weighted by atomic mass is 19.4. The Kier molecular flexibility index (Phi) is 6.24. The molecular weight excluding hydrogens is 343 g/mol. The summed E-state index contributed by atoms with van der Waals surface area (Å²) in [5, 5.41) is 8.98. The number of halogens is 3. The minimum atomic E-state index is -4.51. The van der Waals surface area contributed by atoms with Gasteiger partial charge in [0, 0.05) is 19.3 Å². The van der Waals surface area contributed by atoms with Crippen LogP contribution in [0.4, 0.5) is 13.2 Å². The van der Waals surface area contributed by atoms with E-state index < -0.39 is 36.8 Å². The predicted octanol–water partition coefficient (Wildman–Crippen LogP) is 2.18. The lowest BCUT2D eigenvalue weighted by molar-refractivity contribution is -0.148. The van der Waals surface area contributed by atoms with Gasteiger partial charge in [0.1, 0.15) is 12.3 Å². The normalized spacial score (nSPS) is 15.6. The molecule has 9 heteroatoms. The zero-order chi connectivity index (χ0) is 18.4. The summed E-state index contributed by atoms with van der Waals surface area (Å²) in [6.07, 6.45) is -3.51. The van der Waals surface area contributed by atoms with Crippen LogP contribution in [-0.2, 0) is 20.5 Å². The lowest BCUT2D eigenvalue weighted by Gasteiger charge is -2.33. The average molecular weight is 361 g/mol. The Morgan fingerprint density at radius 2 is 1.96 bits per heavy atom. The largest absolute Gasteiger partial charge is 0.484 e. The first-order valence-corrected chi connectivity index (χ1v) is 7.66. The third kappa shape index (κ3) is 5.63. The summed E-state index contributed by atoms with van der Waals surface area (Å²) >= 11 is 0. The molecule has 0 atom stereocenters. The molecule has 1 aromatic carbocycles. The van der Waals surface area contributed by atoms with E-state index in [4.69, 9.17) is 14.6 Å². The number of carbonyl (C=O) groups is 2. The van der Waals surface area contributed by atoms with Crippen LogP contribution in [0.1, 0.15) is 18.4 Å². The smallest absolute Gasteiger partial charge is 0.416 e. The molecule has 1 N–H and O–H groups in total. The number of amides is 1. The van der Waals surface area contributed by atoms with E-state index in [2.05, 4.69) is 0 Å². The lowest BCUT2D eigenvalue weighted by Crippen LogP contribution is -2.47. The number of benzene rings is 1. The molecular formula is C16H18F3NO5. The molecule has 0 aliphatic carbocycles. The second-order valence-electron chi connectivity index (χ2n) is 5.57. The van der Waals surface area contributed by atoms with E-state index in [1.165, 1.54) is 17.0 Å². The molecule has 1 saturated heterocycles. The minimum Gasteiger partial charge on any atom is -0.484 e. The van der Waals surface area contributed by atoms with Crippen LogP contribution in [0, 0.1) is 0 Å². The molecule has 0 aromatic heterocycles. The van der Waals surface area contributed by atoms with Crippen LogP contribution in [0.25, 0.3) is 0 Å². The van der Waals surface area contributed by atoms with E-state index >= 15 is 0 Å². The third-order valence-corrected chi connectivity index (χ3v) is 3.78. The maximum atomic E-state index is 12.7. The molecule has 0 radical (unpaired) electrons. The zero-order valence-electron chi connectivity index (χ0n) is 13.3. The molecule has 2 rings (SSSR count). The first-order valence-electron chi connectivity index (χ1n) is 7.66. The highest BCUT2D eigenvalue weighted by Gasteiger charge is 2.31. The Balaban J connectivity index is 2.01. The average Bonchev–Trinajstić information content (AvgIpc) is 2.58. The predicted molar refractivity (Wildman–Crippen MR) is 80.1 cm³/mol. The van der Waals surface area contributed by atoms with Gasteiger partial charge in [0.2, 0.25) is 0 Å². The molecule has 0 spiro atoms. The zero-order valence-corrected chi connectivity index (χ0v) is 13.3. The molecule has 1 heterocycles. The first-order chi connectivity index (χ1) is 11.8. The van der Waals surface area contributed by atoms with Crippen LogP contribution in [0.15, 0.2) is 24.3 Å². The number of aliphatic carboxylic acids is 1. The van der Waals surface area contributed by atoms with Gasteiger partial charge < -0.3 is 19.5 Å². The summed E-state index contributed by atoms with van der Waals surface area (Å²) < 4.78 is 48.3. The Labute approximate surface area is 142 Å². The molecule has 0 unspecified atom stereocenters. The fourth-order valence-corrected chi connectivity index (χ4v) is 2.55. The maximum absolute atomic E-state index is 12.7. The minimum absolute atomic E-state index is 0.106. The van der Waals surface area contributed by atoms with E-state index in [0.29, 0.717) is 26.1 Å². The van der Waals surface area contributed by atoms with Crippen LogP contribution in [0.5, 0.6) is 5.75 Å². The van der Waals surface area contributed by atoms with E-state index in [-0.39, 0.29) is 11.8 Å². The second-order valence-corrected chi connectivity index (χ2v) is 5.57. The van der Waals surface area contributed by atoms with Crippen LogP contribution in [0.3, 0.4) is 0 Å². The van der Waals surface area contributed by atoms with Crippen LogP contribution < -0.4 is 4.74 Å². The summed E-state index contributed by atoms with van der Waals surface area (Å²) in [6, 6.07) is 3.88. The molecule has 1 amide bonds. The Bertz CT molecular complexity index is 614. The molecule has 0 bridgehead atoms. The Hall–Kier alpha value is -2.29. The maximum Gasteiger partial charge on any atom is 0.416 e. The molecule has 1 aliphatic heterocycles. The van der Waals surface area contributed by atoms with Gasteiger partial charge in [-0.1, -0.05) is 6.07 Å². The van der Waals surface area contributed by atoms with Crippen LogP contribution >= 0.6 is 0 Å². The third-order valence-electron chi connectivity index (χ3n) is 3.78. The summed E-state index contributed by atoms with van der Waals surface area (Å²) in [7, 11) is 0. The van der Waals surface area contributed by atoms with E-state index in [1.807, 2.05) is 0 Å². The lowest BCUT2D eigenvalue weighted by atomic mass is 10.1. The molecule has 1 aliphatic rings. The highest BCUT2D eigenvalue weighted by molar-refractivity contribution is 5.82. The van der Waals surface area contributed by atoms with E-state index in [0.717, 1.165) is 12.1 Å². The number of carbonyl (C=O) groups excluding carboxylic acids is 1. The fourth-order valence-electron chi connectivity index (χ4n) is 2.55. The van der Waals surface area contributed by atoms with Gasteiger partial charge in [-0.25, -0.2) is 0 Å². The quantitative estimate of drug-likeness (QED) is 0.841. The number of nitrogens with zero attached hydrogens (tertiary/aromatic N) is 1. The van der Waals surface area contributed by atoms with Gasteiger partial charge in [0.15, 0.2) is 6.61 Å². The van der Waals surface area contributed by atoms with Crippen molar-refractivity contribution in [2.24, 2.45) is 0 Å². The standard InChI is InChI=1S/C16H18F3NO5/c17-16(18,19)11-2-1-3-13(8-11)25-10-14(21)20(9-15(22)23)12-4-6-24-7-5-12/h1-3,8,12H,4-7,9-10H2,(H,22,23). The van der Waals surface area contributed by atoms with Crippen molar-refractivity contribution >= 4 is 11.9 Å². The summed E-state index contributed by atoms with van der Waals surface area (Å²) in [5.74, 6) is -1.86. The van der Waals surface area contributed by atoms with Gasteiger partial charge in [0.25, 0.3) is 5.91 Å². The van der Waals surface area contributed by atoms with Crippen LogP contribution in [0.2, 0.25) is 0 Å². The van der Waals surface area contributed by atoms with Crippen molar-refractivity contribution in [3.05, 3.63) is 29.8 Å². The Morgan fingerprint density at radius 3 is 2.56 bits per heavy atom. The molecule has 0 saturated carbocycles. The number of alkyl halides is 3. The fraction of sp³-hybridized carbons (Fsp3) is 0.500. The van der Waals surface area contributed by atoms with Gasteiger partial charge in [0.05, 0.1) is 5.56 Å². The topological polar surface area (TPSA) is 76.1 Å². The van der Waals surface area contributed by atoms with Gasteiger partial charge in [-0.15, -0.1) is 0 Å². The second kappa shape index (κ2) is 8.19. The van der Waals surface area contributed by atoms with E-state index in [1.54, 1.807) is 0 Å². The molecule has 1 fully saturated rings. The summed E-state index contributed by atoms with van der Waals surface area (Å²) in [4.78, 5) is 24.5. The van der Waals surface area contributed by atoms with Crippen LogP contribution in [-0.4, -0.2) is 54.3 Å². The van der Waals surface area contributed by atoms with Crippen molar-refractivity contribution in [1.82, 2.24) is 4.90 Å². The number of hydrogen-bond acceptors (Lipinski definition) is 4. The highest BCUT2D eigenvalue weighted by Crippen LogP contribution is 2.31. The van der Waals surface area contributed by atoms with E-state index in [9.17, 15) is 22.8 Å². The number of rotatable bonds is 6. The van der Waals surface area contributed by atoms with Crippen molar-refractivity contribution in [2.45, 2.75) is 25.1 Å². The van der Waals surface area contributed by atoms with Crippen molar-refractivity contribution < 1.29 is 37.3 Å².